The summed E-state index contributed by atoms with van der Waals surface area (Å²) in [6.45, 7) is 2.47. The third-order valence-electron chi connectivity index (χ3n) is 5.75. The van der Waals surface area contributed by atoms with Crippen molar-refractivity contribution in [3.63, 3.8) is 0 Å². The summed E-state index contributed by atoms with van der Waals surface area (Å²) >= 11 is 12.0. The van der Waals surface area contributed by atoms with Crippen LogP contribution in [0.25, 0.3) is 0 Å². The highest BCUT2D eigenvalue weighted by Crippen LogP contribution is 2.27. The van der Waals surface area contributed by atoms with E-state index in [1.807, 2.05) is 12.1 Å². The molecular weight excluding hydrogens is 596 g/mol. The Balaban J connectivity index is 0.000000708. The molecule has 9 nitrogen and oxygen atoms in total. The van der Waals surface area contributed by atoms with Gasteiger partial charge < -0.3 is 15.3 Å². The van der Waals surface area contributed by atoms with Gasteiger partial charge >= 0.3 is 12.1 Å². The van der Waals surface area contributed by atoms with Crippen LogP contribution in [0.4, 0.5) is 13.2 Å². The number of aliphatic imine (C=N–C) groups is 1. The van der Waals surface area contributed by atoms with Gasteiger partial charge in [0, 0.05) is 50.7 Å². The van der Waals surface area contributed by atoms with E-state index in [4.69, 9.17) is 33.1 Å². The lowest BCUT2D eigenvalue weighted by Crippen LogP contribution is -2.31. The lowest BCUT2D eigenvalue weighted by Gasteiger charge is -2.20. The first-order valence-corrected chi connectivity index (χ1v) is 14.2. The van der Waals surface area contributed by atoms with E-state index in [9.17, 15) is 26.4 Å². The van der Waals surface area contributed by atoms with Crippen LogP contribution in [0.2, 0.25) is 10.0 Å². The largest absolute Gasteiger partial charge is 0.490 e. The molecule has 2 N–H and O–H groups in total. The van der Waals surface area contributed by atoms with Gasteiger partial charge in [-0.05, 0) is 36.6 Å². The number of carboxylic acids is 1. The molecule has 0 aromatic heterocycles. The first-order valence-electron chi connectivity index (χ1n) is 12.0. The molecule has 3 rings (SSSR count). The van der Waals surface area contributed by atoms with Crippen LogP contribution in [-0.2, 0) is 26.0 Å². The Morgan fingerprint density at radius 3 is 2.25 bits per heavy atom. The predicted octanol–water partition coefficient (Wildman–Crippen LogP) is 4.08. The fourth-order valence-electron chi connectivity index (χ4n) is 3.45. The molecule has 0 radical (unpaired) electrons. The van der Waals surface area contributed by atoms with Crippen LogP contribution in [0, 0.1) is 0 Å². The van der Waals surface area contributed by atoms with Crippen molar-refractivity contribution in [3.05, 3.63) is 63.6 Å². The van der Waals surface area contributed by atoms with Crippen molar-refractivity contribution in [1.82, 2.24) is 14.5 Å². The molecule has 2 aromatic carbocycles. The van der Waals surface area contributed by atoms with Gasteiger partial charge in [0.15, 0.2) is 0 Å². The summed E-state index contributed by atoms with van der Waals surface area (Å²) in [5.41, 5.74) is 2.21. The molecule has 0 atom stereocenters. The summed E-state index contributed by atoms with van der Waals surface area (Å²) < 4.78 is 58.5. The maximum atomic E-state index is 12.8. The molecule has 1 heterocycles. The minimum atomic E-state index is -5.08. The van der Waals surface area contributed by atoms with Crippen molar-refractivity contribution >= 4 is 50.9 Å². The van der Waals surface area contributed by atoms with Crippen LogP contribution in [-0.4, -0.2) is 86.9 Å². The number of carbonyl (C=O) groups excluding carboxylic acids is 1. The van der Waals surface area contributed by atoms with Crippen LogP contribution in [0.3, 0.4) is 0 Å². The SMILES string of the molecule is CN(CCc1ccc(C2=NCCN2)cc1)C(=O)CCCN(C)S(=O)(=O)c1cc(Cl)ccc1Cl.O=C(O)C(F)(F)F. The predicted molar refractivity (Wildman–Crippen MR) is 146 cm³/mol. The van der Waals surface area contributed by atoms with E-state index >= 15 is 0 Å². The second-order valence-corrected chi connectivity index (χ2v) is 11.6. The van der Waals surface area contributed by atoms with E-state index in [2.05, 4.69) is 22.4 Å². The number of hydrogen-bond donors (Lipinski definition) is 2. The van der Waals surface area contributed by atoms with Crippen LogP contribution in [0.1, 0.15) is 24.0 Å². The number of nitrogens with one attached hydrogen (secondary N) is 1. The zero-order valence-electron chi connectivity index (χ0n) is 21.7. The highest BCUT2D eigenvalue weighted by molar-refractivity contribution is 7.89. The summed E-state index contributed by atoms with van der Waals surface area (Å²) in [6.07, 6.45) is -3.69. The molecule has 0 saturated heterocycles. The monoisotopic (exact) mass is 624 g/mol. The van der Waals surface area contributed by atoms with Gasteiger partial charge in [0.1, 0.15) is 10.7 Å². The van der Waals surface area contributed by atoms with Crippen molar-refractivity contribution in [2.45, 2.75) is 30.3 Å². The maximum absolute atomic E-state index is 12.8. The average molecular weight is 625 g/mol. The van der Waals surface area contributed by atoms with Crippen molar-refractivity contribution in [3.8, 4) is 0 Å². The molecule has 2 aromatic rings. The molecule has 40 heavy (non-hydrogen) atoms. The van der Waals surface area contributed by atoms with E-state index in [0.717, 1.165) is 36.5 Å². The molecule has 0 unspecified atom stereocenters. The van der Waals surface area contributed by atoms with Gasteiger partial charge in [-0.25, -0.2) is 17.5 Å². The number of carboxylic acid groups (broad SMARTS) is 1. The molecule has 1 aliphatic heterocycles. The summed E-state index contributed by atoms with van der Waals surface area (Å²) in [7, 11) is -0.554. The van der Waals surface area contributed by atoms with E-state index < -0.39 is 22.2 Å². The van der Waals surface area contributed by atoms with Crippen LogP contribution >= 0.6 is 23.2 Å². The van der Waals surface area contributed by atoms with Gasteiger partial charge in [-0.3, -0.25) is 9.79 Å². The molecule has 1 aliphatic rings. The topological polar surface area (TPSA) is 119 Å². The molecule has 1 amide bonds. The number of halogens is 5. The Morgan fingerprint density at radius 1 is 1.07 bits per heavy atom. The highest BCUT2D eigenvalue weighted by Gasteiger charge is 2.38. The van der Waals surface area contributed by atoms with Crippen LogP contribution in [0.5, 0.6) is 0 Å². The molecule has 0 spiro atoms. The number of likely N-dealkylation sites (N-methyl/N-ethyl adjacent to an activating group) is 1. The standard InChI is InChI=1S/C23H28Cl2N4O3S.C2HF3O2/c1-28(15-11-17-5-7-18(8-6-17)23-26-12-13-27-23)22(30)4-3-14-29(2)33(31,32)21-16-19(24)9-10-20(21)25;3-2(4,5)1(6)7/h5-10,16H,3-4,11-15H2,1-2H3,(H,26,27);(H,6,7). The summed E-state index contributed by atoms with van der Waals surface area (Å²) in [4.78, 5) is 27.4. The number of nitrogens with zero attached hydrogens (tertiary/aromatic N) is 3. The number of carbonyl (C=O) groups is 2. The molecule has 0 bridgehead atoms. The normalized spacial score (nSPS) is 13.2. The average Bonchev–Trinajstić information content (AvgIpc) is 3.43. The number of alkyl halides is 3. The number of amidine groups is 1. The zero-order chi connectivity index (χ0) is 30.1. The lowest BCUT2D eigenvalue weighted by atomic mass is 10.1. The molecule has 220 valence electrons. The van der Waals surface area contributed by atoms with E-state index in [1.165, 1.54) is 29.6 Å². The van der Waals surface area contributed by atoms with Crippen LogP contribution in [0.15, 0.2) is 52.4 Å². The fourth-order valence-corrected chi connectivity index (χ4v) is 5.39. The van der Waals surface area contributed by atoms with Crippen molar-refractivity contribution in [1.29, 1.82) is 0 Å². The van der Waals surface area contributed by atoms with Gasteiger partial charge in [0.2, 0.25) is 15.9 Å². The van der Waals surface area contributed by atoms with E-state index in [1.54, 1.807) is 11.9 Å². The molecule has 0 fully saturated rings. The Hall–Kier alpha value is -2.87. The Bertz CT molecular complexity index is 1320. The number of sulfonamides is 1. The number of aliphatic carboxylic acids is 1. The highest BCUT2D eigenvalue weighted by atomic mass is 35.5. The van der Waals surface area contributed by atoms with Crippen molar-refractivity contribution < 1.29 is 36.3 Å². The van der Waals surface area contributed by atoms with Crippen molar-refractivity contribution in [2.24, 2.45) is 4.99 Å². The Morgan fingerprint density at radius 2 is 1.70 bits per heavy atom. The van der Waals surface area contributed by atoms with E-state index in [0.29, 0.717) is 18.0 Å². The number of rotatable bonds is 10. The minimum Gasteiger partial charge on any atom is -0.475 e. The maximum Gasteiger partial charge on any atom is 0.490 e. The molecule has 0 saturated carbocycles. The van der Waals surface area contributed by atoms with Gasteiger partial charge in [-0.15, -0.1) is 0 Å². The van der Waals surface area contributed by atoms with Gasteiger partial charge in [-0.2, -0.15) is 13.2 Å². The quantitative estimate of drug-likeness (QED) is 0.411. The third-order valence-corrected chi connectivity index (χ3v) is 8.32. The second kappa shape index (κ2) is 14.7. The number of hydrogen-bond acceptors (Lipinski definition) is 6. The summed E-state index contributed by atoms with van der Waals surface area (Å²) in [5.74, 6) is -1.85. The van der Waals surface area contributed by atoms with Crippen molar-refractivity contribution in [2.75, 3.05) is 40.3 Å². The van der Waals surface area contributed by atoms with Gasteiger partial charge in [-0.1, -0.05) is 47.5 Å². The molecule has 0 aliphatic carbocycles. The summed E-state index contributed by atoms with van der Waals surface area (Å²) in [6, 6.07) is 12.5. The lowest BCUT2D eigenvalue weighted by molar-refractivity contribution is -0.192. The van der Waals surface area contributed by atoms with Crippen LogP contribution < -0.4 is 5.32 Å². The smallest absolute Gasteiger partial charge is 0.475 e. The zero-order valence-corrected chi connectivity index (χ0v) is 24.0. The Labute approximate surface area is 240 Å². The fraction of sp³-hybridized carbons (Fsp3) is 0.400. The third kappa shape index (κ3) is 9.95. The summed E-state index contributed by atoms with van der Waals surface area (Å²) in [5, 5.41) is 10.8. The molecule has 15 heteroatoms. The number of amides is 1. The van der Waals surface area contributed by atoms with E-state index in [-0.39, 0.29) is 28.8 Å². The molecular formula is C25H29Cl2F3N4O5S. The first kappa shape index (κ1) is 33.3. The first-order chi connectivity index (χ1) is 18.6. The second-order valence-electron chi connectivity index (χ2n) is 8.73. The van der Waals surface area contributed by atoms with Gasteiger partial charge in [0.25, 0.3) is 0 Å². The minimum absolute atomic E-state index is 0.0253. The Kier molecular flexibility index (Phi) is 12.2. The van der Waals surface area contributed by atoms with Gasteiger partial charge in [0.05, 0.1) is 11.6 Å². The number of benzene rings is 2.